The molecule has 2 aromatic heterocycles. The molecule has 0 aliphatic rings. The summed E-state index contributed by atoms with van der Waals surface area (Å²) in [5.74, 6) is 0. The van der Waals surface area contributed by atoms with Crippen molar-refractivity contribution in [3.05, 3.63) is 47.0 Å². The van der Waals surface area contributed by atoms with Gasteiger partial charge in [-0.05, 0) is 25.1 Å². The molecule has 0 saturated carbocycles. The Labute approximate surface area is 88.5 Å². The maximum absolute atomic E-state index is 5.53. The van der Waals surface area contributed by atoms with E-state index in [9.17, 15) is 0 Å². The van der Waals surface area contributed by atoms with Crippen molar-refractivity contribution in [1.29, 1.82) is 0 Å². The normalized spacial score (nSPS) is 10.5. The number of hydrogen-bond donors (Lipinski definition) is 2. The molecule has 2 heterocycles. The van der Waals surface area contributed by atoms with Gasteiger partial charge in [0.1, 0.15) is 0 Å². The monoisotopic (exact) mass is 202 g/mol. The smallest absolute Gasteiger partial charge is 0.0684 e. The summed E-state index contributed by atoms with van der Waals surface area (Å²) in [6, 6.07) is 7.92. The number of rotatable bonds is 3. The summed E-state index contributed by atoms with van der Waals surface area (Å²) in [4.78, 5) is 4.42. The van der Waals surface area contributed by atoms with E-state index in [0.29, 0.717) is 6.54 Å². The van der Waals surface area contributed by atoms with E-state index >= 15 is 0 Å². The van der Waals surface area contributed by atoms with E-state index in [4.69, 9.17) is 5.73 Å². The van der Waals surface area contributed by atoms with Crippen LogP contribution in [-0.2, 0) is 13.0 Å². The van der Waals surface area contributed by atoms with Crippen molar-refractivity contribution >= 4 is 0 Å². The highest BCUT2D eigenvalue weighted by Gasteiger charge is 2.01. The molecule has 3 N–H and O–H groups in total. The summed E-state index contributed by atoms with van der Waals surface area (Å²) in [7, 11) is 0. The molecule has 0 bridgehead atoms. The number of aryl methyl sites for hydroxylation is 1. The molecule has 2 aromatic rings. The highest BCUT2D eigenvalue weighted by molar-refractivity contribution is 5.18. The fraction of sp³-hybridized carbons (Fsp3) is 0.273. The second-order valence-corrected chi connectivity index (χ2v) is 3.54. The van der Waals surface area contributed by atoms with E-state index in [-0.39, 0.29) is 0 Å². The molecular formula is C11H14N4. The van der Waals surface area contributed by atoms with Gasteiger partial charge in [0.25, 0.3) is 0 Å². The number of hydrogen-bond acceptors (Lipinski definition) is 3. The average Bonchev–Trinajstić information content (AvgIpc) is 2.64. The lowest BCUT2D eigenvalue weighted by Crippen LogP contribution is -2.02. The number of pyridine rings is 1. The van der Waals surface area contributed by atoms with Gasteiger partial charge in [-0.25, -0.2) is 0 Å². The number of H-pyrrole nitrogens is 1. The van der Waals surface area contributed by atoms with Gasteiger partial charge in [0.15, 0.2) is 0 Å². The van der Waals surface area contributed by atoms with Crippen LogP contribution in [-0.4, -0.2) is 15.2 Å². The number of nitrogens with two attached hydrogens (primary N) is 1. The topological polar surface area (TPSA) is 67.6 Å². The predicted molar refractivity (Wildman–Crippen MR) is 58.3 cm³/mol. The zero-order valence-electron chi connectivity index (χ0n) is 8.70. The van der Waals surface area contributed by atoms with Crippen LogP contribution in [0.4, 0.5) is 0 Å². The van der Waals surface area contributed by atoms with Crippen LogP contribution >= 0.6 is 0 Å². The molecule has 0 atom stereocenters. The van der Waals surface area contributed by atoms with Crippen LogP contribution in [0.1, 0.15) is 22.8 Å². The molecular weight excluding hydrogens is 188 g/mol. The summed E-state index contributed by atoms with van der Waals surface area (Å²) >= 11 is 0. The minimum Gasteiger partial charge on any atom is -0.325 e. The Kier molecular flexibility index (Phi) is 2.78. The highest BCUT2D eigenvalue weighted by atomic mass is 15.1. The van der Waals surface area contributed by atoms with E-state index in [0.717, 1.165) is 29.2 Å². The molecule has 2 rings (SSSR count). The summed E-state index contributed by atoms with van der Waals surface area (Å²) in [6.45, 7) is 2.47. The van der Waals surface area contributed by atoms with Crippen LogP contribution in [0.25, 0.3) is 0 Å². The molecule has 0 spiro atoms. The molecule has 4 heteroatoms. The second kappa shape index (κ2) is 4.23. The molecule has 0 aromatic carbocycles. The summed E-state index contributed by atoms with van der Waals surface area (Å²) in [6.07, 6.45) is 0.748. The quantitative estimate of drug-likeness (QED) is 0.784. The molecule has 0 aliphatic carbocycles. The molecule has 15 heavy (non-hydrogen) atoms. The maximum atomic E-state index is 5.53. The van der Waals surface area contributed by atoms with Crippen molar-refractivity contribution in [2.75, 3.05) is 0 Å². The lowest BCUT2D eigenvalue weighted by Gasteiger charge is -2.00. The van der Waals surface area contributed by atoms with E-state index < -0.39 is 0 Å². The van der Waals surface area contributed by atoms with Crippen molar-refractivity contribution in [2.24, 2.45) is 5.73 Å². The standard InChI is InChI=1S/C11H14N4/c1-8-5-11(15-14-8)6-9-3-2-4-10(7-12)13-9/h2-5H,6-7,12H2,1H3,(H,14,15). The third-order valence-electron chi connectivity index (χ3n) is 2.19. The van der Waals surface area contributed by atoms with Gasteiger partial charge in [0.2, 0.25) is 0 Å². The third-order valence-corrected chi connectivity index (χ3v) is 2.19. The van der Waals surface area contributed by atoms with Crippen LogP contribution in [0.5, 0.6) is 0 Å². The highest BCUT2D eigenvalue weighted by Crippen LogP contribution is 2.06. The van der Waals surface area contributed by atoms with Crippen molar-refractivity contribution < 1.29 is 0 Å². The largest absolute Gasteiger partial charge is 0.325 e. The molecule has 0 unspecified atom stereocenters. The zero-order chi connectivity index (χ0) is 10.7. The van der Waals surface area contributed by atoms with E-state index in [2.05, 4.69) is 15.2 Å². The van der Waals surface area contributed by atoms with Gasteiger partial charge < -0.3 is 5.73 Å². The molecule has 4 nitrogen and oxygen atoms in total. The molecule has 0 fully saturated rings. The fourth-order valence-corrected chi connectivity index (χ4v) is 1.49. The average molecular weight is 202 g/mol. The van der Waals surface area contributed by atoms with Gasteiger partial charge in [-0.2, -0.15) is 5.10 Å². The fourth-order valence-electron chi connectivity index (χ4n) is 1.49. The SMILES string of the molecule is Cc1cc(Cc2cccc(CN)n2)n[nH]1. The maximum Gasteiger partial charge on any atom is 0.0684 e. The van der Waals surface area contributed by atoms with Crippen molar-refractivity contribution in [2.45, 2.75) is 19.9 Å². The zero-order valence-corrected chi connectivity index (χ0v) is 8.70. The number of nitrogens with one attached hydrogen (secondary N) is 1. The van der Waals surface area contributed by atoms with Gasteiger partial charge >= 0.3 is 0 Å². The van der Waals surface area contributed by atoms with Gasteiger partial charge in [-0.15, -0.1) is 0 Å². The van der Waals surface area contributed by atoms with Gasteiger partial charge in [0.05, 0.1) is 11.4 Å². The first kappa shape index (κ1) is 9.86. The number of aromatic nitrogens is 3. The van der Waals surface area contributed by atoms with E-state index in [1.807, 2.05) is 31.2 Å². The molecule has 0 saturated heterocycles. The van der Waals surface area contributed by atoms with Gasteiger partial charge in [-0.1, -0.05) is 6.07 Å². The minimum atomic E-state index is 0.480. The van der Waals surface area contributed by atoms with Crippen LogP contribution < -0.4 is 5.73 Å². The Bertz CT molecular complexity index is 447. The first-order valence-corrected chi connectivity index (χ1v) is 4.93. The number of aromatic amines is 1. The molecule has 0 amide bonds. The third kappa shape index (κ3) is 2.41. The predicted octanol–water partition coefficient (Wildman–Crippen LogP) is 1.16. The van der Waals surface area contributed by atoms with Gasteiger partial charge in [0, 0.05) is 24.4 Å². The van der Waals surface area contributed by atoms with Crippen LogP contribution in [0.3, 0.4) is 0 Å². The first-order chi connectivity index (χ1) is 7.28. The van der Waals surface area contributed by atoms with E-state index in [1.54, 1.807) is 0 Å². The van der Waals surface area contributed by atoms with Crippen molar-refractivity contribution in [1.82, 2.24) is 15.2 Å². The Morgan fingerprint density at radius 1 is 1.27 bits per heavy atom. The first-order valence-electron chi connectivity index (χ1n) is 4.93. The van der Waals surface area contributed by atoms with Crippen LogP contribution in [0.15, 0.2) is 24.3 Å². The van der Waals surface area contributed by atoms with Crippen LogP contribution in [0.2, 0.25) is 0 Å². The molecule has 78 valence electrons. The molecule has 0 radical (unpaired) electrons. The Balaban J connectivity index is 2.16. The molecule has 0 aliphatic heterocycles. The summed E-state index contributed by atoms with van der Waals surface area (Å²) in [5.41, 5.74) is 9.53. The van der Waals surface area contributed by atoms with Crippen LogP contribution in [0, 0.1) is 6.92 Å². The Hall–Kier alpha value is -1.68. The van der Waals surface area contributed by atoms with Crippen molar-refractivity contribution in [3.63, 3.8) is 0 Å². The Morgan fingerprint density at radius 2 is 2.07 bits per heavy atom. The number of nitrogens with zero attached hydrogens (tertiary/aromatic N) is 2. The summed E-state index contributed by atoms with van der Waals surface area (Å²) in [5, 5.41) is 7.09. The Morgan fingerprint density at radius 3 is 2.73 bits per heavy atom. The second-order valence-electron chi connectivity index (χ2n) is 3.54. The van der Waals surface area contributed by atoms with E-state index in [1.165, 1.54) is 0 Å². The lowest BCUT2D eigenvalue weighted by atomic mass is 10.2. The minimum absolute atomic E-state index is 0.480. The van der Waals surface area contributed by atoms with Crippen molar-refractivity contribution in [3.8, 4) is 0 Å². The summed E-state index contributed by atoms with van der Waals surface area (Å²) < 4.78 is 0. The lowest BCUT2D eigenvalue weighted by molar-refractivity contribution is 0.917. The van der Waals surface area contributed by atoms with Gasteiger partial charge in [-0.3, -0.25) is 10.1 Å².